The molecule has 1 amide bonds. The molecule has 2 N–H and O–H groups in total. The molecule has 0 radical (unpaired) electrons. The van der Waals surface area contributed by atoms with Crippen LogP contribution in [0.2, 0.25) is 10.0 Å². The van der Waals surface area contributed by atoms with E-state index >= 15 is 0 Å². The van der Waals surface area contributed by atoms with Gasteiger partial charge in [-0.1, -0.05) is 57.3 Å². The molecule has 5 rings (SSSR count). The Hall–Kier alpha value is -3.76. The summed E-state index contributed by atoms with van der Waals surface area (Å²) in [6.07, 6.45) is 0.364. The van der Waals surface area contributed by atoms with Crippen molar-refractivity contribution in [3.05, 3.63) is 122 Å². The van der Waals surface area contributed by atoms with Crippen molar-refractivity contribution in [3.8, 4) is 17.2 Å². The molecular formula is C36H35BrCl2N2O6. The van der Waals surface area contributed by atoms with Gasteiger partial charge in [0, 0.05) is 51.6 Å². The third-order valence-corrected chi connectivity index (χ3v) is 8.92. The number of nitrogens with one attached hydrogen (secondary N) is 1. The van der Waals surface area contributed by atoms with Crippen molar-refractivity contribution in [2.45, 2.75) is 30.9 Å². The smallest absolute Gasteiger partial charge is 0.252 e. The number of aliphatic hydroxyl groups is 1. The zero-order valence-corrected chi connectivity index (χ0v) is 29.1. The normalized spacial score (nSPS) is 17.1. The molecule has 246 valence electrons. The molecule has 8 nitrogen and oxygen atoms in total. The molecule has 0 aromatic heterocycles. The predicted octanol–water partition coefficient (Wildman–Crippen LogP) is 7.39. The highest BCUT2D eigenvalue weighted by Gasteiger charge is 2.53. The number of carbonyl (C=O) groups excluding carboxylic acids is 1. The van der Waals surface area contributed by atoms with Gasteiger partial charge in [-0.05, 0) is 84.3 Å². The summed E-state index contributed by atoms with van der Waals surface area (Å²) >= 11 is 16.6. The Morgan fingerprint density at radius 1 is 0.979 bits per heavy atom. The Morgan fingerprint density at radius 3 is 2.40 bits per heavy atom. The molecule has 0 bridgehead atoms. The Labute approximate surface area is 292 Å². The highest BCUT2D eigenvalue weighted by molar-refractivity contribution is 9.10. The van der Waals surface area contributed by atoms with Crippen LogP contribution in [0, 0.1) is 0 Å². The van der Waals surface area contributed by atoms with Crippen molar-refractivity contribution in [1.29, 1.82) is 0 Å². The Balaban J connectivity index is 1.53. The van der Waals surface area contributed by atoms with E-state index in [1.807, 2.05) is 54.6 Å². The van der Waals surface area contributed by atoms with Gasteiger partial charge in [0.25, 0.3) is 5.91 Å². The average Bonchev–Trinajstić information content (AvgIpc) is 3.46. The number of hydrogen-bond donors (Lipinski definition) is 2. The van der Waals surface area contributed by atoms with Crippen LogP contribution < -0.4 is 19.5 Å². The maximum absolute atomic E-state index is 14.6. The molecule has 0 unspecified atom stereocenters. The zero-order valence-electron chi connectivity index (χ0n) is 26.0. The number of ether oxygens (including phenoxy) is 4. The van der Waals surface area contributed by atoms with Gasteiger partial charge in [-0.15, -0.1) is 0 Å². The minimum Gasteiger partial charge on any atom is -0.497 e. The zero-order chi connectivity index (χ0) is 33.4. The lowest BCUT2D eigenvalue weighted by Crippen LogP contribution is -2.50. The molecule has 1 aliphatic heterocycles. The number of halogens is 3. The van der Waals surface area contributed by atoms with Gasteiger partial charge in [0.05, 0.1) is 20.8 Å². The summed E-state index contributed by atoms with van der Waals surface area (Å²) in [5.74, 6) is 2.01. The number of amides is 1. The van der Waals surface area contributed by atoms with Crippen molar-refractivity contribution < 1.29 is 28.8 Å². The van der Waals surface area contributed by atoms with Crippen molar-refractivity contribution >= 4 is 50.9 Å². The summed E-state index contributed by atoms with van der Waals surface area (Å²) in [6, 6.07) is 25.7. The van der Waals surface area contributed by atoms with Crippen molar-refractivity contribution in [3.63, 3.8) is 0 Å². The quantitative estimate of drug-likeness (QED) is 0.131. The minimum absolute atomic E-state index is 0.0486. The van der Waals surface area contributed by atoms with E-state index < -0.39 is 11.6 Å². The van der Waals surface area contributed by atoms with Crippen LogP contribution in [-0.2, 0) is 22.4 Å². The lowest BCUT2D eigenvalue weighted by Gasteiger charge is -2.31. The lowest BCUT2D eigenvalue weighted by molar-refractivity contribution is -0.128. The molecule has 0 spiro atoms. The highest BCUT2D eigenvalue weighted by atomic mass is 79.9. The van der Waals surface area contributed by atoms with Crippen molar-refractivity contribution in [2.75, 3.05) is 34.0 Å². The first-order chi connectivity index (χ1) is 22.8. The summed E-state index contributed by atoms with van der Waals surface area (Å²) < 4.78 is 24.2. The Bertz CT molecular complexity index is 1720. The van der Waals surface area contributed by atoms with E-state index in [-0.39, 0.29) is 18.9 Å². The number of carbonyl (C=O) groups is 1. The molecule has 2 atom stereocenters. The van der Waals surface area contributed by atoms with Gasteiger partial charge in [0.2, 0.25) is 5.90 Å². The maximum atomic E-state index is 14.6. The summed E-state index contributed by atoms with van der Waals surface area (Å²) in [5.41, 5.74) is 1.59. The Kier molecular flexibility index (Phi) is 11.7. The van der Waals surface area contributed by atoms with Gasteiger partial charge in [0.15, 0.2) is 11.6 Å². The lowest BCUT2D eigenvalue weighted by atomic mass is 9.82. The highest BCUT2D eigenvalue weighted by Crippen LogP contribution is 2.45. The number of aliphatic imine (C=N–C) groups is 1. The number of hydrogen-bond acceptors (Lipinski definition) is 7. The van der Waals surface area contributed by atoms with Crippen LogP contribution in [-0.4, -0.2) is 56.4 Å². The largest absolute Gasteiger partial charge is 0.497 e. The van der Waals surface area contributed by atoms with Crippen molar-refractivity contribution in [2.24, 2.45) is 4.99 Å². The van der Waals surface area contributed by atoms with Gasteiger partial charge in [0.1, 0.15) is 17.2 Å². The topological polar surface area (TPSA) is 98.6 Å². The first-order valence-corrected chi connectivity index (χ1v) is 16.6. The second kappa shape index (κ2) is 15.9. The fourth-order valence-corrected chi connectivity index (χ4v) is 6.20. The molecule has 0 aliphatic carbocycles. The van der Waals surface area contributed by atoms with E-state index in [0.717, 1.165) is 15.6 Å². The fourth-order valence-electron chi connectivity index (χ4n) is 5.43. The molecule has 11 heteroatoms. The second-order valence-electron chi connectivity index (χ2n) is 10.9. The van der Waals surface area contributed by atoms with E-state index in [4.69, 9.17) is 52.2 Å². The first kappa shape index (κ1) is 34.6. The van der Waals surface area contributed by atoms with E-state index in [0.29, 0.717) is 70.3 Å². The van der Waals surface area contributed by atoms with Gasteiger partial charge in [-0.2, -0.15) is 0 Å². The second-order valence-corrected chi connectivity index (χ2v) is 12.7. The molecular weight excluding hydrogens is 707 g/mol. The summed E-state index contributed by atoms with van der Waals surface area (Å²) in [4.78, 5) is 19.7. The Morgan fingerprint density at radius 2 is 1.72 bits per heavy atom. The van der Waals surface area contributed by atoms with E-state index in [9.17, 15) is 4.79 Å². The van der Waals surface area contributed by atoms with E-state index in [1.165, 1.54) is 0 Å². The molecule has 47 heavy (non-hydrogen) atoms. The summed E-state index contributed by atoms with van der Waals surface area (Å²) in [6.45, 7) is 0.742. The number of nitrogens with zero attached hydrogens (tertiary/aromatic N) is 1. The predicted molar refractivity (Wildman–Crippen MR) is 187 cm³/mol. The average molecular weight is 742 g/mol. The molecule has 0 saturated carbocycles. The maximum Gasteiger partial charge on any atom is 0.252 e. The monoisotopic (exact) mass is 740 g/mol. The molecule has 1 aliphatic rings. The van der Waals surface area contributed by atoms with Gasteiger partial charge < -0.3 is 29.4 Å². The molecule has 0 saturated heterocycles. The van der Waals surface area contributed by atoms with Crippen LogP contribution in [0.5, 0.6) is 17.2 Å². The van der Waals surface area contributed by atoms with Crippen LogP contribution in [0.3, 0.4) is 0 Å². The fraction of sp³-hybridized carbons (Fsp3) is 0.278. The van der Waals surface area contributed by atoms with E-state index in [2.05, 4.69) is 21.2 Å². The minimum atomic E-state index is -1.44. The van der Waals surface area contributed by atoms with Crippen LogP contribution in [0.15, 0.2) is 94.4 Å². The van der Waals surface area contributed by atoms with Gasteiger partial charge in [-0.25, -0.2) is 4.99 Å². The van der Waals surface area contributed by atoms with Crippen LogP contribution in [0.25, 0.3) is 0 Å². The SMILES string of the molecule is COc1ccc(OC)c(CCNC(=O)[C@]2(Cc3ccc(Br)cc3)N=C(c3ccc(OCCCO)cc3)O[C@@H]2c2ccc(Cl)cc2Cl)c1. The van der Waals surface area contributed by atoms with Crippen LogP contribution in [0.1, 0.15) is 34.8 Å². The third kappa shape index (κ3) is 8.22. The van der Waals surface area contributed by atoms with Gasteiger partial charge in [-0.3, -0.25) is 4.79 Å². The first-order valence-electron chi connectivity index (χ1n) is 15.1. The summed E-state index contributed by atoms with van der Waals surface area (Å²) in [5, 5.41) is 13.0. The molecule has 0 fully saturated rings. The van der Waals surface area contributed by atoms with Gasteiger partial charge >= 0.3 is 0 Å². The number of methoxy groups -OCH3 is 2. The van der Waals surface area contributed by atoms with Crippen LogP contribution in [0.4, 0.5) is 0 Å². The number of rotatable bonds is 14. The van der Waals surface area contributed by atoms with Crippen LogP contribution >= 0.6 is 39.1 Å². The number of benzene rings is 4. The molecule has 1 heterocycles. The molecule has 4 aromatic carbocycles. The van der Waals surface area contributed by atoms with Crippen molar-refractivity contribution in [1.82, 2.24) is 5.32 Å². The third-order valence-electron chi connectivity index (χ3n) is 7.83. The van der Waals surface area contributed by atoms with E-state index in [1.54, 1.807) is 44.6 Å². The number of aliphatic hydroxyl groups excluding tert-OH is 1. The summed E-state index contributed by atoms with van der Waals surface area (Å²) in [7, 11) is 3.21. The standard InChI is InChI=1S/C36H35BrCl2N2O6/c1-44-29-13-15-32(45-2)25(20-29)16-17-40-35(43)36(22-23-4-8-26(37)9-5-23)33(30-14-10-27(38)21-31(30)39)47-34(41-36)24-6-11-28(12-7-24)46-19-3-18-42/h4-15,20-21,33,42H,3,16-19,22H2,1-2H3,(H,40,43)/t33-,36-/m1/s1. The molecule has 4 aromatic rings.